The molecule has 0 spiro atoms. The first kappa shape index (κ1) is 18.5. The Balaban J connectivity index is 1.46. The fourth-order valence-corrected chi connectivity index (χ4v) is 3.88. The van der Waals surface area contributed by atoms with E-state index in [1.807, 2.05) is 46.8 Å². The highest BCUT2D eigenvalue weighted by molar-refractivity contribution is 6.00. The quantitative estimate of drug-likeness (QED) is 0.696. The van der Waals surface area contributed by atoms with Crippen molar-refractivity contribution < 1.29 is 13.9 Å². The molecule has 2 heterocycles. The second-order valence-electron chi connectivity index (χ2n) is 7.18. The zero-order valence-electron chi connectivity index (χ0n) is 16.2. The number of aryl methyl sites for hydroxylation is 1. The van der Waals surface area contributed by atoms with Gasteiger partial charge in [-0.05, 0) is 35.9 Å². The Labute approximate surface area is 163 Å². The van der Waals surface area contributed by atoms with Crippen LogP contribution in [0.15, 0.2) is 48.5 Å². The van der Waals surface area contributed by atoms with E-state index in [1.165, 1.54) is 6.07 Å². The summed E-state index contributed by atoms with van der Waals surface area (Å²) in [6.07, 6.45) is 0. The predicted octanol–water partition coefficient (Wildman–Crippen LogP) is 3.28. The van der Waals surface area contributed by atoms with Crippen molar-refractivity contribution in [2.45, 2.75) is 6.54 Å². The summed E-state index contributed by atoms with van der Waals surface area (Å²) in [5.41, 5.74) is 2.60. The van der Waals surface area contributed by atoms with E-state index >= 15 is 0 Å². The molecule has 0 bridgehead atoms. The van der Waals surface area contributed by atoms with Crippen LogP contribution in [-0.2, 0) is 13.6 Å². The van der Waals surface area contributed by atoms with Gasteiger partial charge >= 0.3 is 0 Å². The summed E-state index contributed by atoms with van der Waals surface area (Å²) in [6, 6.07) is 14.4. The molecule has 146 valence electrons. The van der Waals surface area contributed by atoms with Crippen LogP contribution in [0.5, 0.6) is 5.75 Å². The van der Waals surface area contributed by atoms with E-state index in [4.69, 9.17) is 4.74 Å². The summed E-state index contributed by atoms with van der Waals surface area (Å²) in [5.74, 6) is 0.593. The van der Waals surface area contributed by atoms with Crippen molar-refractivity contribution in [3.8, 4) is 5.75 Å². The lowest BCUT2D eigenvalue weighted by atomic mass is 10.2. The molecule has 0 unspecified atom stereocenters. The number of piperazine rings is 1. The van der Waals surface area contributed by atoms with Gasteiger partial charge in [0.05, 0.1) is 12.6 Å². The van der Waals surface area contributed by atoms with E-state index in [9.17, 15) is 9.18 Å². The molecule has 2 aromatic carbocycles. The normalized spacial score (nSPS) is 15.2. The van der Waals surface area contributed by atoms with Crippen molar-refractivity contribution in [1.82, 2.24) is 14.4 Å². The van der Waals surface area contributed by atoms with Crippen molar-refractivity contribution in [1.29, 1.82) is 0 Å². The van der Waals surface area contributed by atoms with Crippen LogP contribution >= 0.6 is 0 Å². The molecule has 0 atom stereocenters. The van der Waals surface area contributed by atoms with Gasteiger partial charge in [-0.1, -0.05) is 18.2 Å². The molecule has 3 aromatic rings. The highest BCUT2D eigenvalue weighted by Crippen LogP contribution is 2.28. The van der Waals surface area contributed by atoms with Gasteiger partial charge in [0.1, 0.15) is 17.3 Å². The summed E-state index contributed by atoms with van der Waals surface area (Å²) in [7, 11) is 3.55. The van der Waals surface area contributed by atoms with E-state index in [2.05, 4.69) is 4.90 Å². The van der Waals surface area contributed by atoms with Gasteiger partial charge in [0, 0.05) is 45.2 Å². The lowest BCUT2D eigenvalue weighted by Gasteiger charge is -2.34. The minimum Gasteiger partial charge on any atom is -0.496 e. The third kappa shape index (κ3) is 3.47. The Hall–Kier alpha value is -2.86. The van der Waals surface area contributed by atoms with Gasteiger partial charge in [-0.25, -0.2) is 4.39 Å². The minimum absolute atomic E-state index is 0.0335. The second kappa shape index (κ2) is 7.64. The fraction of sp³-hybridized carbons (Fsp3) is 0.318. The number of carbonyl (C=O) groups excluding carboxylic acids is 1. The molecule has 1 saturated heterocycles. The van der Waals surface area contributed by atoms with Crippen LogP contribution in [0, 0.1) is 5.82 Å². The van der Waals surface area contributed by atoms with E-state index in [-0.39, 0.29) is 11.7 Å². The highest BCUT2D eigenvalue weighted by atomic mass is 19.1. The number of halogens is 1. The van der Waals surface area contributed by atoms with E-state index in [0.717, 1.165) is 35.3 Å². The minimum atomic E-state index is -0.211. The van der Waals surface area contributed by atoms with Gasteiger partial charge in [-0.3, -0.25) is 9.69 Å². The smallest absolute Gasteiger partial charge is 0.270 e. The van der Waals surface area contributed by atoms with Gasteiger partial charge in [0.25, 0.3) is 5.91 Å². The molecule has 0 saturated carbocycles. The number of hydrogen-bond acceptors (Lipinski definition) is 3. The fourth-order valence-electron chi connectivity index (χ4n) is 3.88. The van der Waals surface area contributed by atoms with Gasteiger partial charge < -0.3 is 14.2 Å². The lowest BCUT2D eigenvalue weighted by Crippen LogP contribution is -2.48. The molecule has 1 aromatic heterocycles. The Morgan fingerprint density at radius 2 is 1.82 bits per heavy atom. The standard InChI is InChI=1S/C22H24FN3O2/c1-24-19-7-4-8-21(28-2)18(19)14-20(24)22(27)26-11-9-25(10-12-26)15-16-5-3-6-17(23)13-16/h3-8,13-14H,9-12,15H2,1-2H3. The number of ether oxygens (including phenoxy) is 1. The zero-order valence-corrected chi connectivity index (χ0v) is 16.2. The molecule has 1 aliphatic rings. The van der Waals surface area contributed by atoms with Gasteiger partial charge in [-0.15, -0.1) is 0 Å². The van der Waals surface area contributed by atoms with E-state index < -0.39 is 0 Å². The topological polar surface area (TPSA) is 37.7 Å². The number of hydrogen-bond donors (Lipinski definition) is 0. The molecule has 5 nitrogen and oxygen atoms in total. The van der Waals surface area contributed by atoms with E-state index in [0.29, 0.717) is 25.3 Å². The van der Waals surface area contributed by atoms with Crippen LogP contribution in [0.3, 0.4) is 0 Å². The van der Waals surface area contributed by atoms with Crippen molar-refractivity contribution in [3.63, 3.8) is 0 Å². The average Bonchev–Trinajstić information content (AvgIpc) is 3.05. The lowest BCUT2D eigenvalue weighted by molar-refractivity contribution is 0.0619. The maximum absolute atomic E-state index is 13.4. The Morgan fingerprint density at radius 1 is 1.07 bits per heavy atom. The van der Waals surface area contributed by atoms with Crippen LogP contribution < -0.4 is 4.74 Å². The van der Waals surface area contributed by atoms with Crippen LogP contribution in [-0.4, -0.2) is 53.6 Å². The molecule has 4 rings (SSSR count). The van der Waals surface area contributed by atoms with Gasteiger partial charge in [-0.2, -0.15) is 0 Å². The maximum Gasteiger partial charge on any atom is 0.270 e. The number of amides is 1. The number of nitrogens with zero attached hydrogens (tertiary/aromatic N) is 3. The number of fused-ring (bicyclic) bond motifs is 1. The number of aromatic nitrogens is 1. The maximum atomic E-state index is 13.4. The first-order valence-electron chi connectivity index (χ1n) is 9.45. The van der Waals surface area contributed by atoms with Crippen molar-refractivity contribution >= 4 is 16.8 Å². The second-order valence-corrected chi connectivity index (χ2v) is 7.18. The van der Waals surface area contributed by atoms with Crippen LogP contribution in [0.4, 0.5) is 4.39 Å². The summed E-state index contributed by atoms with van der Waals surface area (Å²) >= 11 is 0. The SMILES string of the molecule is COc1cccc2c1cc(C(=O)N1CCN(Cc3cccc(F)c3)CC1)n2C. The summed E-state index contributed by atoms with van der Waals surface area (Å²) < 4.78 is 20.7. The molecular formula is C22H24FN3O2. The van der Waals surface area contributed by atoms with Crippen LogP contribution in [0.25, 0.3) is 10.9 Å². The molecule has 6 heteroatoms. The third-order valence-corrected chi connectivity index (χ3v) is 5.44. The zero-order chi connectivity index (χ0) is 19.7. The first-order valence-corrected chi connectivity index (χ1v) is 9.45. The van der Waals surface area contributed by atoms with Gasteiger partial charge in [0.2, 0.25) is 0 Å². The van der Waals surface area contributed by atoms with Crippen molar-refractivity contribution in [3.05, 3.63) is 65.6 Å². The summed E-state index contributed by atoms with van der Waals surface area (Å²) in [5, 5.41) is 0.945. The molecule has 1 fully saturated rings. The van der Waals surface area contributed by atoms with E-state index in [1.54, 1.807) is 19.2 Å². The van der Waals surface area contributed by atoms with Crippen LogP contribution in [0.1, 0.15) is 16.1 Å². The Bertz CT molecular complexity index is 1010. The number of rotatable bonds is 4. The molecule has 0 radical (unpaired) electrons. The molecule has 0 aliphatic carbocycles. The Morgan fingerprint density at radius 3 is 2.54 bits per heavy atom. The van der Waals surface area contributed by atoms with Gasteiger partial charge in [0.15, 0.2) is 0 Å². The molecular weight excluding hydrogens is 357 g/mol. The highest BCUT2D eigenvalue weighted by Gasteiger charge is 2.25. The molecule has 0 N–H and O–H groups in total. The molecule has 1 aliphatic heterocycles. The number of methoxy groups -OCH3 is 1. The number of carbonyl (C=O) groups is 1. The number of benzene rings is 2. The average molecular weight is 381 g/mol. The summed E-state index contributed by atoms with van der Waals surface area (Å²) in [6.45, 7) is 3.57. The first-order chi connectivity index (χ1) is 13.6. The largest absolute Gasteiger partial charge is 0.496 e. The van der Waals surface area contributed by atoms with Crippen LogP contribution in [0.2, 0.25) is 0 Å². The monoisotopic (exact) mass is 381 g/mol. The molecule has 1 amide bonds. The Kier molecular flexibility index (Phi) is 5.05. The third-order valence-electron chi connectivity index (χ3n) is 5.44. The molecule has 28 heavy (non-hydrogen) atoms. The van der Waals surface area contributed by atoms with Crippen molar-refractivity contribution in [2.75, 3.05) is 33.3 Å². The predicted molar refractivity (Wildman–Crippen MR) is 107 cm³/mol. The summed E-state index contributed by atoms with van der Waals surface area (Å²) in [4.78, 5) is 17.2. The van der Waals surface area contributed by atoms with Crippen molar-refractivity contribution in [2.24, 2.45) is 7.05 Å².